The Kier molecular flexibility index (Phi) is 9.34. The van der Waals surface area contributed by atoms with Crippen LogP contribution < -0.4 is 5.32 Å². The highest BCUT2D eigenvalue weighted by atomic mass is 35.5. The zero-order chi connectivity index (χ0) is 21.4. The maximum absolute atomic E-state index is 13.0. The number of hydrogen-bond acceptors (Lipinski definition) is 3. The number of carbonyl (C=O) groups excluding carboxylic acids is 2. The van der Waals surface area contributed by atoms with Crippen LogP contribution in [0.2, 0.25) is 10.0 Å². The fraction of sp³-hybridized carbons (Fsp3) is 0.364. The molecule has 2 amide bonds. The molecule has 1 unspecified atom stereocenters. The summed E-state index contributed by atoms with van der Waals surface area (Å²) in [5.41, 5.74) is 3.00. The lowest BCUT2D eigenvalue weighted by molar-refractivity contribution is -0.138. The Morgan fingerprint density at radius 3 is 2.41 bits per heavy atom. The Labute approximate surface area is 187 Å². The van der Waals surface area contributed by atoms with E-state index in [-0.39, 0.29) is 24.1 Å². The van der Waals surface area contributed by atoms with Gasteiger partial charge in [0.25, 0.3) is 0 Å². The molecular weight excluding hydrogens is 427 g/mol. The fourth-order valence-corrected chi connectivity index (χ4v) is 4.27. The minimum absolute atomic E-state index is 0.127. The Morgan fingerprint density at radius 2 is 1.79 bits per heavy atom. The van der Waals surface area contributed by atoms with Crippen LogP contribution in [-0.2, 0) is 21.9 Å². The van der Waals surface area contributed by atoms with Crippen molar-refractivity contribution >= 4 is 46.8 Å². The normalized spacial score (nSPS) is 11.8. The number of thioether (sulfide) groups is 1. The summed E-state index contributed by atoms with van der Waals surface area (Å²) in [6.07, 6.45) is 0. The molecule has 0 aliphatic heterocycles. The summed E-state index contributed by atoms with van der Waals surface area (Å²) in [6, 6.07) is 12.8. The topological polar surface area (TPSA) is 49.4 Å². The molecule has 0 aliphatic rings. The number of amides is 2. The highest BCUT2D eigenvalue weighted by molar-refractivity contribution is 7.99. The van der Waals surface area contributed by atoms with Gasteiger partial charge in [0, 0.05) is 34.5 Å². The SMILES string of the molecule is CCNC(=O)C(C)N(Cc1c(Cl)cccc1Cl)C(=O)CSCc1cccc(C)c1. The number of likely N-dealkylation sites (N-methyl/N-ethyl adjacent to an activating group) is 1. The lowest BCUT2D eigenvalue weighted by Crippen LogP contribution is -2.48. The van der Waals surface area contributed by atoms with Crippen molar-refractivity contribution in [3.63, 3.8) is 0 Å². The van der Waals surface area contributed by atoms with Gasteiger partial charge in [-0.25, -0.2) is 0 Å². The highest BCUT2D eigenvalue weighted by Gasteiger charge is 2.27. The average molecular weight is 453 g/mol. The largest absolute Gasteiger partial charge is 0.355 e. The molecule has 2 aromatic rings. The van der Waals surface area contributed by atoms with Gasteiger partial charge >= 0.3 is 0 Å². The maximum atomic E-state index is 13.0. The van der Waals surface area contributed by atoms with Crippen molar-refractivity contribution < 1.29 is 9.59 Å². The van der Waals surface area contributed by atoms with Crippen molar-refractivity contribution in [1.82, 2.24) is 10.2 Å². The van der Waals surface area contributed by atoms with E-state index in [2.05, 4.69) is 11.4 Å². The lowest BCUT2D eigenvalue weighted by Gasteiger charge is -2.29. The zero-order valence-corrected chi connectivity index (χ0v) is 19.2. The van der Waals surface area contributed by atoms with Gasteiger partial charge in [-0.1, -0.05) is 59.1 Å². The smallest absolute Gasteiger partial charge is 0.242 e. The number of carbonyl (C=O) groups is 2. The Balaban J connectivity index is 2.12. The van der Waals surface area contributed by atoms with E-state index < -0.39 is 6.04 Å². The third-order valence-corrected chi connectivity index (χ3v) is 6.18. The molecule has 0 bridgehead atoms. The first-order valence-corrected chi connectivity index (χ1v) is 11.4. The van der Waals surface area contributed by atoms with Crippen LogP contribution in [0.1, 0.15) is 30.5 Å². The molecule has 7 heteroatoms. The van der Waals surface area contributed by atoms with Crippen molar-refractivity contribution in [2.75, 3.05) is 12.3 Å². The fourth-order valence-electron chi connectivity index (χ4n) is 2.90. The van der Waals surface area contributed by atoms with Gasteiger partial charge in [-0.2, -0.15) is 0 Å². The van der Waals surface area contributed by atoms with Crippen molar-refractivity contribution in [1.29, 1.82) is 0 Å². The van der Waals surface area contributed by atoms with Gasteiger partial charge in [0.15, 0.2) is 0 Å². The molecule has 1 N–H and O–H groups in total. The second-order valence-corrected chi connectivity index (χ2v) is 8.57. The minimum Gasteiger partial charge on any atom is -0.355 e. The van der Waals surface area contributed by atoms with E-state index in [0.29, 0.717) is 22.2 Å². The molecule has 29 heavy (non-hydrogen) atoms. The van der Waals surface area contributed by atoms with Gasteiger partial charge in [0.05, 0.1) is 5.75 Å². The zero-order valence-electron chi connectivity index (χ0n) is 16.9. The number of aryl methyl sites for hydroxylation is 1. The molecular formula is C22H26Cl2N2O2S. The summed E-state index contributed by atoms with van der Waals surface area (Å²) < 4.78 is 0. The number of nitrogens with one attached hydrogen (secondary N) is 1. The van der Waals surface area contributed by atoms with Crippen LogP contribution in [0.15, 0.2) is 42.5 Å². The molecule has 2 rings (SSSR count). The van der Waals surface area contributed by atoms with Crippen molar-refractivity contribution in [2.45, 2.75) is 39.1 Å². The van der Waals surface area contributed by atoms with Gasteiger partial charge < -0.3 is 10.2 Å². The molecule has 0 heterocycles. The minimum atomic E-state index is -0.630. The van der Waals surface area contributed by atoms with Crippen molar-refractivity contribution in [3.05, 3.63) is 69.2 Å². The number of rotatable bonds is 9. The Bertz CT molecular complexity index is 840. The molecule has 2 aromatic carbocycles. The van der Waals surface area contributed by atoms with Crippen LogP contribution >= 0.6 is 35.0 Å². The summed E-state index contributed by atoms with van der Waals surface area (Å²) in [6.45, 7) is 6.29. The van der Waals surface area contributed by atoms with Gasteiger partial charge in [0.2, 0.25) is 11.8 Å². The first kappa shape index (κ1) is 23.6. The highest BCUT2D eigenvalue weighted by Crippen LogP contribution is 2.27. The van der Waals surface area contributed by atoms with Gasteiger partial charge in [-0.05, 0) is 38.5 Å². The molecule has 4 nitrogen and oxygen atoms in total. The van der Waals surface area contributed by atoms with E-state index in [9.17, 15) is 9.59 Å². The van der Waals surface area contributed by atoms with E-state index in [1.807, 2.05) is 32.0 Å². The van der Waals surface area contributed by atoms with E-state index >= 15 is 0 Å². The molecule has 0 spiro atoms. The summed E-state index contributed by atoms with van der Waals surface area (Å²) in [7, 11) is 0. The van der Waals surface area contributed by atoms with Gasteiger partial charge in [0.1, 0.15) is 6.04 Å². The average Bonchev–Trinajstić information content (AvgIpc) is 2.67. The second-order valence-electron chi connectivity index (χ2n) is 6.77. The lowest BCUT2D eigenvalue weighted by atomic mass is 10.1. The van der Waals surface area contributed by atoms with E-state index in [1.165, 1.54) is 22.9 Å². The van der Waals surface area contributed by atoms with Crippen LogP contribution in [0.25, 0.3) is 0 Å². The quantitative estimate of drug-likeness (QED) is 0.576. The maximum Gasteiger partial charge on any atom is 0.242 e. The molecule has 0 aromatic heterocycles. The van der Waals surface area contributed by atoms with Crippen LogP contribution in [0.3, 0.4) is 0 Å². The predicted molar refractivity (Wildman–Crippen MR) is 122 cm³/mol. The molecule has 0 saturated heterocycles. The van der Waals surface area contributed by atoms with E-state index in [4.69, 9.17) is 23.2 Å². The van der Waals surface area contributed by atoms with Gasteiger partial charge in [-0.15, -0.1) is 11.8 Å². The Morgan fingerprint density at radius 1 is 1.14 bits per heavy atom. The number of nitrogens with zero attached hydrogens (tertiary/aromatic N) is 1. The summed E-state index contributed by atoms with van der Waals surface area (Å²) >= 11 is 14.1. The second kappa shape index (κ2) is 11.5. The van der Waals surface area contributed by atoms with Crippen LogP contribution in [-0.4, -0.2) is 35.1 Å². The summed E-state index contributed by atoms with van der Waals surface area (Å²) in [4.78, 5) is 27.0. The molecule has 156 valence electrons. The molecule has 1 atom stereocenters. The Hall–Kier alpha value is -1.69. The first-order chi connectivity index (χ1) is 13.8. The van der Waals surface area contributed by atoms with Gasteiger partial charge in [-0.3, -0.25) is 9.59 Å². The summed E-state index contributed by atoms with van der Waals surface area (Å²) in [5, 5.41) is 3.73. The predicted octanol–water partition coefficient (Wildman–Crippen LogP) is 5.09. The molecule has 0 radical (unpaired) electrons. The van der Waals surface area contributed by atoms with E-state index in [1.54, 1.807) is 30.0 Å². The molecule has 0 aliphatic carbocycles. The molecule has 0 saturated carbocycles. The summed E-state index contributed by atoms with van der Waals surface area (Å²) in [5.74, 6) is 0.661. The number of hydrogen-bond donors (Lipinski definition) is 1. The number of benzene rings is 2. The van der Waals surface area contributed by atoms with E-state index in [0.717, 1.165) is 5.75 Å². The third-order valence-electron chi connectivity index (χ3n) is 4.49. The van der Waals surface area contributed by atoms with Crippen LogP contribution in [0.4, 0.5) is 0 Å². The molecule has 0 fully saturated rings. The van der Waals surface area contributed by atoms with Crippen LogP contribution in [0.5, 0.6) is 0 Å². The van der Waals surface area contributed by atoms with Crippen molar-refractivity contribution in [2.24, 2.45) is 0 Å². The van der Waals surface area contributed by atoms with Crippen molar-refractivity contribution in [3.8, 4) is 0 Å². The van der Waals surface area contributed by atoms with Crippen LogP contribution in [0, 0.1) is 6.92 Å². The standard InChI is InChI=1S/C22H26Cl2N2O2S/c1-4-25-22(28)16(3)26(12-18-19(23)9-6-10-20(18)24)21(27)14-29-13-17-8-5-7-15(2)11-17/h5-11,16H,4,12-14H2,1-3H3,(H,25,28). The first-order valence-electron chi connectivity index (χ1n) is 9.46. The third kappa shape index (κ3) is 6.95. The number of halogens is 2. The monoisotopic (exact) mass is 452 g/mol.